The number of halogens is 3. The maximum Gasteiger partial charge on any atom is 0.162 e. The number of methoxy groups -OCH3 is 1. The van der Waals surface area contributed by atoms with Crippen molar-refractivity contribution >= 4 is 27.5 Å². The molecule has 3 nitrogen and oxygen atoms in total. The second-order valence-corrected chi connectivity index (χ2v) is 12.6. The van der Waals surface area contributed by atoms with E-state index < -0.39 is 0 Å². The number of rotatable bonds is 7. The summed E-state index contributed by atoms with van der Waals surface area (Å²) in [6.07, 6.45) is 7.98. The molecule has 0 spiro atoms. The van der Waals surface area contributed by atoms with Crippen LogP contribution in [0.4, 0.5) is 4.39 Å². The Hall–Kier alpha value is -1.30. The Morgan fingerprint density at radius 2 is 1.82 bits per heavy atom. The van der Waals surface area contributed by atoms with Gasteiger partial charge in [0.25, 0.3) is 0 Å². The number of nitrogens with one attached hydrogen (secondary N) is 1. The van der Waals surface area contributed by atoms with Crippen LogP contribution >= 0.6 is 27.5 Å². The van der Waals surface area contributed by atoms with Crippen molar-refractivity contribution in [1.29, 1.82) is 0 Å². The molecule has 0 heterocycles. The highest BCUT2D eigenvalue weighted by molar-refractivity contribution is 9.10. The molecule has 0 aliphatic heterocycles. The quantitative estimate of drug-likeness (QED) is 0.394. The highest BCUT2D eigenvalue weighted by atomic mass is 79.9. The van der Waals surface area contributed by atoms with Gasteiger partial charge in [-0.1, -0.05) is 47.4 Å². The Labute approximate surface area is 209 Å². The standard InChI is InChI=1S/C27H32BrClFNO2/c1-25-9-17-10-26(2,14-25)16-27(11-17,15-25)31-12-18-7-23(32-3)24(8-20(18)28)33-13-19-21(29)5-4-6-22(19)30/h4-8,17,31H,9-16H2,1-3H3. The summed E-state index contributed by atoms with van der Waals surface area (Å²) in [6.45, 7) is 5.81. The van der Waals surface area contributed by atoms with E-state index in [1.54, 1.807) is 19.2 Å². The molecule has 6 heteroatoms. The number of benzene rings is 2. The number of hydrogen-bond acceptors (Lipinski definition) is 3. The van der Waals surface area contributed by atoms with E-state index >= 15 is 0 Å². The third-order valence-corrected chi connectivity index (χ3v) is 9.14. The molecule has 1 N–H and O–H groups in total. The average Bonchev–Trinajstić information content (AvgIpc) is 2.70. The van der Waals surface area contributed by atoms with Gasteiger partial charge in [-0.2, -0.15) is 0 Å². The zero-order valence-electron chi connectivity index (χ0n) is 19.6. The van der Waals surface area contributed by atoms with Crippen LogP contribution in [0.25, 0.3) is 0 Å². The molecule has 0 aromatic heterocycles. The summed E-state index contributed by atoms with van der Waals surface area (Å²) in [5.41, 5.74) is 2.65. The molecule has 4 bridgehead atoms. The van der Waals surface area contributed by atoms with Crippen LogP contribution in [0.3, 0.4) is 0 Å². The monoisotopic (exact) mass is 535 g/mol. The van der Waals surface area contributed by atoms with Gasteiger partial charge in [0.1, 0.15) is 12.4 Å². The number of ether oxygens (including phenoxy) is 2. The summed E-state index contributed by atoms with van der Waals surface area (Å²) >= 11 is 9.87. The molecule has 33 heavy (non-hydrogen) atoms. The maximum absolute atomic E-state index is 14.1. The van der Waals surface area contributed by atoms with Crippen LogP contribution in [0.2, 0.25) is 5.02 Å². The van der Waals surface area contributed by atoms with Gasteiger partial charge in [-0.25, -0.2) is 4.39 Å². The fourth-order valence-electron chi connectivity index (χ4n) is 7.73. The molecule has 4 aliphatic rings. The van der Waals surface area contributed by atoms with E-state index in [0.29, 0.717) is 32.9 Å². The molecule has 2 atom stereocenters. The molecule has 6 rings (SSSR count). The average molecular weight is 537 g/mol. The van der Waals surface area contributed by atoms with E-state index in [1.165, 1.54) is 44.6 Å². The van der Waals surface area contributed by atoms with Crippen molar-refractivity contribution in [2.24, 2.45) is 16.7 Å². The fraction of sp³-hybridized carbons (Fsp3) is 0.556. The van der Waals surface area contributed by atoms with Crippen LogP contribution < -0.4 is 14.8 Å². The smallest absolute Gasteiger partial charge is 0.162 e. The first-order valence-electron chi connectivity index (χ1n) is 11.8. The zero-order chi connectivity index (χ0) is 23.4. The SMILES string of the molecule is COc1cc(CNC23CC4CC(C)(CC(C)(C4)C2)C3)c(Br)cc1OCc1c(F)cccc1Cl. The van der Waals surface area contributed by atoms with Crippen LogP contribution in [0.5, 0.6) is 11.5 Å². The molecular formula is C27H32BrClFNO2. The second-order valence-electron chi connectivity index (χ2n) is 11.3. The van der Waals surface area contributed by atoms with Crippen molar-refractivity contribution in [2.75, 3.05) is 7.11 Å². The zero-order valence-corrected chi connectivity index (χ0v) is 21.9. The van der Waals surface area contributed by atoms with Crippen molar-refractivity contribution in [3.63, 3.8) is 0 Å². The predicted molar refractivity (Wildman–Crippen MR) is 133 cm³/mol. The van der Waals surface area contributed by atoms with Crippen molar-refractivity contribution in [1.82, 2.24) is 5.32 Å². The lowest BCUT2D eigenvalue weighted by atomic mass is 9.43. The summed E-state index contributed by atoms with van der Waals surface area (Å²) in [4.78, 5) is 0. The van der Waals surface area contributed by atoms with Gasteiger partial charge in [-0.05, 0) is 85.1 Å². The fourth-order valence-corrected chi connectivity index (χ4v) is 8.41. The molecule has 2 aromatic carbocycles. The molecule has 0 saturated heterocycles. The molecule has 178 valence electrons. The molecule has 0 amide bonds. The number of hydrogen-bond donors (Lipinski definition) is 1. The van der Waals surface area contributed by atoms with E-state index in [9.17, 15) is 4.39 Å². The Morgan fingerprint density at radius 3 is 2.45 bits per heavy atom. The third kappa shape index (κ3) is 4.53. The van der Waals surface area contributed by atoms with Crippen LogP contribution in [0.15, 0.2) is 34.8 Å². The summed E-state index contributed by atoms with van der Waals surface area (Å²) in [5.74, 6) is 1.66. The summed E-state index contributed by atoms with van der Waals surface area (Å²) in [7, 11) is 1.63. The minimum atomic E-state index is -0.376. The first kappa shape index (κ1) is 23.4. The first-order chi connectivity index (χ1) is 15.6. The van der Waals surface area contributed by atoms with Crippen LogP contribution in [0, 0.1) is 22.6 Å². The Kier molecular flexibility index (Phi) is 5.98. The second kappa shape index (κ2) is 8.42. The van der Waals surface area contributed by atoms with Gasteiger partial charge < -0.3 is 14.8 Å². The largest absolute Gasteiger partial charge is 0.493 e. The highest BCUT2D eigenvalue weighted by Gasteiger charge is 2.59. The van der Waals surface area contributed by atoms with Crippen LogP contribution in [-0.2, 0) is 13.2 Å². The van der Waals surface area contributed by atoms with E-state index in [-0.39, 0.29) is 18.0 Å². The van der Waals surface area contributed by atoms with Crippen LogP contribution in [0.1, 0.15) is 63.5 Å². The molecule has 4 saturated carbocycles. The molecule has 4 fully saturated rings. The summed E-state index contributed by atoms with van der Waals surface area (Å²) < 4.78 is 26.6. The topological polar surface area (TPSA) is 30.5 Å². The van der Waals surface area contributed by atoms with Gasteiger partial charge in [0.05, 0.1) is 12.1 Å². The van der Waals surface area contributed by atoms with Crippen molar-refractivity contribution in [3.8, 4) is 11.5 Å². The minimum Gasteiger partial charge on any atom is -0.493 e. The lowest BCUT2D eigenvalue weighted by Crippen LogP contribution is -2.63. The predicted octanol–water partition coefficient (Wildman–Crippen LogP) is 7.67. The van der Waals surface area contributed by atoms with Gasteiger partial charge in [0, 0.05) is 22.1 Å². The van der Waals surface area contributed by atoms with Crippen LogP contribution in [-0.4, -0.2) is 12.6 Å². The van der Waals surface area contributed by atoms with Gasteiger partial charge in [-0.3, -0.25) is 0 Å². The van der Waals surface area contributed by atoms with Gasteiger partial charge in [0.15, 0.2) is 11.5 Å². The summed E-state index contributed by atoms with van der Waals surface area (Å²) in [5, 5.41) is 4.34. The lowest BCUT2D eigenvalue weighted by molar-refractivity contribution is -0.118. The van der Waals surface area contributed by atoms with Gasteiger partial charge >= 0.3 is 0 Å². The molecule has 4 aliphatic carbocycles. The first-order valence-corrected chi connectivity index (χ1v) is 13.0. The Morgan fingerprint density at radius 1 is 1.09 bits per heavy atom. The van der Waals surface area contributed by atoms with E-state index in [1.807, 2.05) is 12.1 Å². The van der Waals surface area contributed by atoms with Gasteiger partial charge in [-0.15, -0.1) is 0 Å². The molecule has 2 aromatic rings. The van der Waals surface area contributed by atoms with Gasteiger partial charge in [0.2, 0.25) is 0 Å². The van der Waals surface area contributed by atoms with Crippen molar-refractivity contribution in [2.45, 2.75) is 71.1 Å². The molecule has 0 radical (unpaired) electrons. The normalized spacial score (nSPS) is 32.2. The van der Waals surface area contributed by atoms with E-state index in [0.717, 1.165) is 22.5 Å². The van der Waals surface area contributed by atoms with Crippen molar-refractivity contribution < 1.29 is 13.9 Å². The Bertz CT molecular complexity index is 1040. The lowest BCUT2D eigenvalue weighted by Gasteiger charge is -2.65. The van der Waals surface area contributed by atoms with Crippen molar-refractivity contribution in [3.05, 3.63) is 56.8 Å². The van der Waals surface area contributed by atoms with E-state index in [2.05, 4.69) is 35.1 Å². The molecular weight excluding hydrogens is 505 g/mol. The summed E-state index contributed by atoms with van der Waals surface area (Å²) in [6, 6.07) is 8.56. The Balaban J connectivity index is 1.32. The van der Waals surface area contributed by atoms with E-state index in [4.69, 9.17) is 21.1 Å². The minimum absolute atomic E-state index is 0.0353. The third-order valence-electron chi connectivity index (χ3n) is 8.05. The highest BCUT2D eigenvalue weighted by Crippen LogP contribution is 2.66. The molecule has 2 unspecified atom stereocenters. The maximum atomic E-state index is 14.1.